The van der Waals surface area contributed by atoms with Crippen molar-refractivity contribution >= 4 is 33.0 Å². The number of allylic oxidation sites excluding steroid dienone is 1. The van der Waals surface area contributed by atoms with Crippen LogP contribution in [0.25, 0.3) is 16.7 Å². The Kier molecular flexibility index (Phi) is 6.72. The molecule has 1 amide bonds. The van der Waals surface area contributed by atoms with E-state index in [1.807, 2.05) is 19.1 Å². The average molecular weight is 491 g/mol. The number of sulfonamides is 1. The smallest absolute Gasteiger partial charge is 0.251 e. The first-order valence-corrected chi connectivity index (χ1v) is 12.6. The zero-order chi connectivity index (χ0) is 25.2. The number of ether oxygens (including phenoxy) is 1. The highest BCUT2D eigenvalue weighted by atomic mass is 32.2. The lowest BCUT2D eigenvalue weighted by molar-refractivity contribution is -0.114. The van der Waals surface area contributed by atoms with Gasteiger partial charge >= 0.3 is 0 Å². The first-order valence-electron chi connectivity index (χ1n) is 11.0. The number of nitrogens with two attached hydrogens (primary N) is 2. The van der Waals surface area contributed by atoms with Crippen LogP contribution in [0.1, 0.15) is 24.5 Å². The Morgan fingerprint density at radius 3 is 2.54 bits per heavy atom. The molecule has 1 aliphatic rings. The van der Waals surface area contributed by atoms with Gasteiger partial charge in [0, 0.05) is 17.2 Å². The van der Waals surface area contributed by atoms with Gasteiger partial charge in [0.15, 0.2) is 0 Å². The predicted molar refractivity (Wildman–Crippen MR) is 137 cm³/mol. The van der Waals surface area contributed by atoms with Crippen LogP contribution in [0.4, 0.5) is 5.69 Å². The van der Waals surface area contributed by atoms with Crippen molar-refractivity contribution in [3.8, 4) is 16.9 Å². The number of carbonyl (C=O) groups excluding carboxylic acids is 1. The van der Waals surface area contributed by atoms with Crippen LogP contribution in [-0.2, 0) is 14.8 Å². The molecule has 0 spiro atoms. The lowest BCUT2D eigenvalue weighted by atomic mass is 10.00. The Labute approximate surface area is 204 Å². The number of fused-ring (bicyclic) bond motifs is 1. The van der Waals surface area contributed by atoms with E-state index in [-0.39, 0.29) is 16.6 Å². The van der Waals surface area contributed by atoms with E-state index in [9.17, 15) is 13.2 Å². The number of carbonyl (C=O) groups is 1. The molecule has 1 heterocycles. The summed E-state index contributed by atoms with van der Waals surface area (Å²) in [6.45, 7) is 2.64. The zero-order valence-electron chi connectivity index (χ0n) is 19.2. The third-order valence-corrected chi connectivity index (χ3v) is 6.79. The second kappa shape index (κ2) is 9.73. The summed E-state index contributed by atoms with van der Waals surface area (Å²) in [6, 6.07) is 19.0. The predicted octanol–water partition coefficient (Wildman–Crippen LogP) is 3.50. The van der Waals surface area contributed by atoms with Crippen LogP contribution < -0.4 is 20.5 Å². The number of rotatable bonds is 6. The molecule has 3 aromatic carbocycles. The number of nitrogens with zero attached hydrogens (tertiary/aromatic N) is 1. The molecule has 0 atom stereocenters. The SMILES string of the molecule is CC/C(=C\C(=O)N1CCOc2cc(-c3ccccc3S(N)(=O)=O)ccc21)c1cccc(C(=N)N)c1. The van der Waals surface area contributed by atoms with E-state index < -0.39 is 10.0 Å². The standard InChI is InChI=1S/C26H26N4O4S/c1-2-17(18-6-5-7-20(14-18)26(27)28)16-25(31)30-12-13-34-23-15-19(10-11-22(23)30)21-8-3-4-9-24(21)35(29,32)33/h3-11,14-16H,2,12-13H2,1H3,(H3,27,28)(H2,29,32,33)/b17-16+. The molecule has 0 radical (unpaired) electrons. The van der Waals surface area contributed by atoms with Crippen LogP contribution >= 0.6 is 0 Å². The number of amides is 1. The Bertz CT molecular complexity index is 1450. The number of hydrogen-bond acceptors (Lipinski definition) is 5. The van der Waals surface area contributed by atoms with Gasteiger partial charge in [-0.15, -0.1) is 0 Å². The highest BCUT2D eigenvalue weighted by Crippen LogP contribution is 2.37. The lowest BCUT2D eigenvalue weighted by Gasteiger charge is -2.29. The third-order valence-electron chi connectivity index (χ3n) is 5.82. The number of nitrogens with one attached hydrogen (secondary N) is 1. The number of hydrogen-bond donors (Lipinski definition) is 3. The van der Waals surface area contributed by atoms with Gasteiger partial charge in [-0.1, -0.05) is 49.4 Å². The first-order chi connectivity index (χ1) is 16.7. The van der Waals surface area contributed by atoms with Gasteiger partial charge in [0.25, 0.3) is 5.91 Å². The molecule has 0 bridgehead atoms. The van der Waals surface area contributed by atoms with Crippen molar-refractivity contribution in [2.45, 2.75) is 18.2 Å². The highest BCUT2D eigenvalue weighted by molar-refractivity contribution is 7.89. The van der Waals surface area contributed by atoms with Crippen LogP contribution in [0.5, 0.6) is 5.75 Å². The molecule has 0 aromatic heterocycles. The summed E-state index contributed by atoms with van der Waals surface area (Å²) in [4.78, 5) is 15.0. The van der Waals surface area contributed by atoms with E-state index in [0.29, 0.717) is 47.7 Å². The average Bonchev–Trinajstić information content (AvgIpc) is 2.86. The minimum atomic E-state index is -3.91. The van der Waals surface area contributed by atoms with E-state index in [1.54, 1.807) is 59.5 Å². The van der Waals surface area contributed by atoms with Crippen LogP contribution in [0.3, 0.4) is 0 Å². The van der Waals surface area contributed by atoms with E-state index >= 15 is 0 Å². The van der Waals surface area contributed by atoms with E-state index in [1.165, 1.54) is 6.07 Å². The van der Waals surface area contributed by atoms with Crippen molar-refractivity contribution in [1.29, 1.82) is 5.41 Å². The van der Waals surface area contributed by atoms with Gasteiger partial charge in [-0.2, -0.15) is 0 Å². The topological polar surface area (TPSA) is 140 Å². The van der Waals surface area contributed by atoms with Crippen molar-refractivity contribution in [2.24, 2.45) is 10.9 Å². The monoisotopic (exact) mass is 490 g/mol. The minimum Gasteiger partial charge on any atom is -0.490 e. The highest BCUT2D eigenvalue weighted by Gasteiger charge is 2.24. The maximum absolute atomic E-state index is 13.3. The van der Waals surface area contributed by atoms with Crippen molar-refractivity contribution in [2.75, 3.05) is 18.1 Å². The summed E-state index contributed by atoms with van der Waals surface area (Å²) in [5.41, 5.74) is 9.55. The molecule has 4 rings (SSSR count). The molecule has 8 nitrogen and oxygen atoms in total. The van der Waals surface area contributed by atoms with Gasteiger partial charge in [0.1, 0.15) is 18.2 Å². The van der Waals surface area contributed by atoms with Crippen molar-refractivity contribution < 1.29 is 17.9 Å². The fraction of sp³-hybridized carbons (Fsp3) is 0.154. The number of benzene rings is 3. The molecule has 0 saturated heterocycles. The summed E-state index contributed by atoms with van der Waals surface area (Å²) < 4.78 is 29.9. The summed E-state index contributed by atoms with van der Waals surface area (Å²) in [5, 5.41) is 13.1. The molecule has 0 saturated carbocycles. The molecule has 180 valence electrons. The maximum atomic E-state index is 13.3. The normalized spacial score (nSPS) is 13.7. The Balaban J connectivity index is 1.68. The van der Waals surface area contributed by atoms with Gasteiger partial charge in [-0.05, 0) is 47.4 Å². The summed E-state index contributed by atoms with van der Waals surface area (Å²) in [5.74, 6) is 0.254. The van der Waals surface area contributed by atoms with Crippen molar-refractivity contribution in [3.05, 3.63) is 83.9 Å². The van der Waals surface area contributed by atoms with Gasteiger partial charge in [-0.3, -0.25) is 10.2 Å². The lowest BCUT2D eigenvalue weighted by Crippen LogP contribution is -2.37. The number of anilines is 1. The number of primary sulfonamides is 1. The summed E-state index contributed by atoms with van der Waals surface area (Å²) in [7, 11) is -3.91. The molecule has 35 heavy (non-hydrogen) atoms. The van der Waals surface area contributed by atoms with Crippen molar-refractivity contribution in [3.63, 3.8) is 0 Å². The Morgan fingerprint density at radius 2 is 1.83 bits per heavy atom. The maximum Gasteiger partial charge on any atom is 0.251 e. The van der Waals surface area contributed by atoms with Gasteiger partial charge in [0.2, 0.25) is 10.0 Å². The van der Waals surface area contributed by atoms with Gasteiger partial charge < -0.3 is 15.4 Å². The second-order valence-electron chi connectivity index (χ2n) is 8.08. The van der Waals surface area contributed by atoms with E-state index in [4.69, 9.17) is 21.0 Å². The van der Waals surface area contributed by atoms with E-state index in [0.717, 1.165) is 11.1 Å². The third kappa shape index (κ3) is 5.11. The van der Waals surface area contributed by atoms with Crippen molar-refractivity contribution in [1.82, 2.24) is 0 Å². The molecule has 5 N–H and O–H groups in total. The Hall–Kier alpha value is -3.95. The molecule has 0 fully saturated rings. The molecule has 1 aliphatic heterocycles. The number of nitrogen functional groups attached to an aromatic ring is 1. The largest absolute Gasteiger partial charge is 0.490 e. The first kappa shape index (κ1) is 24.2. The summed E-state index contributed by atoms with van der Waals surface area (Å²) in [6.07, 6.45) is 2.21. The fourth-order valence-corrected chi connectivity index (χ4v) is 4.83. The van der Waals surface area contributed by atoms with Crippen LogP contribution in [0.2, 0.25) is 0 Å². The molecular formula is C26H26N4O4S. The van der Waals surface area contributed by atoms with Crippen LogP contribution in [0, 0.1) is 5.41 Å². The Morgan fingerprint density at radius 1 is 1.09 bits per heavy atom. The fourth-order valence-electron chi connectivity index (χ4n) is 4.07. The molecule has 3 aromatic rings. The van der Waals surface area contributed by atoms with Crippen LogP contribution in [-0.4, -0.2) is 33.3 Å². The zero-order valence-corrected chi connectivity index (χ0v) is 20.0. The molecule has 0 unspecified atom stereocenters. The van der Waals surface area contributed by atoms with Gasteiger partial charge in [0.05, 0.1) is 17.1 Å². The van der Waals surface area contributed by atoms with Gasteiger partial charge in [-0.25, -0.2) is 13.6 Å². The number of amidine groups is 1. The minimum absolute atomic E-state index is 0.0204. The quantitative estimate of drug-likeness (QED) is 0.276. The molecular weight excluding hydrogens is 464 g/mol. The molecule has 0 aliphatic carbocycles. The summed E-state index contributed by atoms with van der Waals surface area (Å²) >= 11 is 0. The molecule has 9 heteroatoms. The second-order valence-corrected chi connectivity index (χ2v) is 9.61. The van der Waals surface area contributed by atoms with E-state index in [2.05, 4.69) is 0 Å². The van der Waals surface area contributed by atoms with Crippen LogP contribution in [0.15, 0.2) is 77.7 Å².